The Morgan fingerprint density at radius 1 is 0.444 bits per heavy atom. The fourth-order valence-electron chi connectivity index (χ4n) is 8.15. The number of carbonyl (C=O) groups is 2. The van der Waals surface area contributed by atoms with Crippen molar-refractivity contribution in [1.29, 1.82) is 0 Å². The molecule has 72 heavy (non-hydrogen) atoms. The molecule has 0 aromatic carbocycles. The smallest absolute Gasteiger partial charge is 0.306 e. The van der Waals surface area contributed by atoms with Crippen LogP contribution >= 0.6 is 7.82 Å². The molecule has 0 aromatic heterocycles. The third-order valence-electron chi connectivity index (χ3n) is 12.7. The molecule has 0 bridgehead atoms. The maximum Gasteiger partial charge on any atom is 0.306 e. The Kier molecular flexibility index (Phi) is 51.4. The summed E-state index contributed by atoms with van der Waals surface area (Å²) in [6, 6.07) is 0. The molecule has 0 heterocycles. The number of nitrogens with zero attached hydrogens (tertiary/aromatic N) is 1. The molecular formula is C62H112NO8P. The Labute approximate surface area is 444 Å². The zero-order valence-corrected chi connectivity index (χ0v) is 48.3. The molecule has 0 saturated carbocycles. The summed E-state index contributed by atoms with van der Waals surface area (Å²) in [5.41, 5.74) is 0. The van der Waals surface area contributed by atoms with Crippen molar-refractivity contribution in [3.05, 3.63) is 72.9 Å². The molecule has 0 fully saturated rings. The van der Waals surface area contributed by atoms with Gasteiger partial charge in [0.2, 0.25) is 0 Å². The standard InChI is InChI=1S/C62H112NO8P/c1-6-8-10-12-14-16-18-20-22-24-26-27-28-29-30-31-32-33-34-35-37-39-41-43-45-47-49-51-53-55-62(65)71-60(59-70-72(66,67)69-57-56-63(3,4)5)58-68-61(64)54-52-50-48-46-44-42-40-38-36-25-23-21-19-17-15-13-11-9-7-2/h8,10,14-17,20-23,26-27,60H,6-7,9,11-13,18-19,24-25,28-59H2,1-5H3/b10-8-,16-14-,17-15-,22-20-,23-21-,27-26-. The number of allylic oxidation sites excluding steroid dienone is 12. The first kappa shape index (κ1) is 69.5. The number of ether oxygens (including phenoxy) is 2. The third kappa shape index (κ3) is 56.7. The van der Waals surface area contributed by atoms with Gasteiger partial charge in [-0.1, -0.05) is 234 Å². The van der Waals surface area contributed by atoms with E-state index in [1.165, 1.54) is 141 Å². The first-order chi connectivity index (χ1) is 35.0. The van der Waals surface area contributed by atoms with Crippen LogP contribution in [0.3, 0.4) is 0 Å². The van der Waals surface area contributed by atoms with Crippen LogP contribution in [0.5, 0.6) is 0 Å². The van der Waals surface area contributed by atoms with E-state index >= 15 is 0 Å². The summed E-state index contributed by atoms with van der Waals surface area (Å²) in [5.74, 6) is -0.833. The fraction of sp³-hybridized carbons (Fsp3) is 0.774. The van der Waals surface area contributed by atoms with Crippen LogP contribution in [0, 0.1) is 0 Å². The van der Waals surface area contributed by atoms with Crippen molar-refractivity contribution < 1.29 is 42.1 Å². The number of phosphoric ester groups is 1. The first-order valence-corrected chi connectivity index (χ1v) is 31.1. The summed E-state index contributed by atoms with van der Waals surface area (Å²) in [6.45, 7) is 4.12. The first-order valence-electron chi connectivity index (χ1n) is 29.6. The van der Waals surface area contributed by atoms with Gasteiger partial charge in [0, 0.05) is 12.8 Å². The lowest BCUT2D eigenvalue weighted by atomic mass is 10.0. The third-order valence-corrected chi connectivity index (χ3v) is 13.7. The van der Waals surface area contributed by atoms with E-state index in [-0.39, 0.29) is 32.0 Å². The minimum atomic E-state index is -4.64. The van der Waals surface area contributed by atoms with Gasteiger partial charge < -0.3 is 27.9 Å². The van der Waals surface area contributed by atoms with Crippen LogP contribution in [0.25, 0.3) is 0 Å². The number of hydrogen-bond donors (Lipinski definition) is 0. The molecule has 0 aromatic rings. The number of carbonyl (C=O) groups excluding carboxylic acids is 2. The second kappa shape index (κ2) is 53.3. The molecule has 2 unspecified atom stereocenters. The summed E-state index contributed by atoms with van der Waals surface area (Å²) in [4.78, 5) is 37.9. The maximum atomic E-state index is 12.8. The van der Waals surface area contributed by atoms with Crippen molar-refractivity contribution in [2.45, 2.75) is 264 Å². The molecule has 10 heteroatoms. The average Bonchev–Trinajstić information content (AvgIpc) is 3.34. The molecule has 418 valence electrons. The Hall–Kier alpha value is -2.55. The average molecular weight is 1030 g/mol. The molecular weight excluding hydrogens is 918 g/mol. The van der Waals surface area contributed by atoms with Crippen LogP contribution in [0.4, 0.5) is 0 Å². The summed E-state index contributed by atoms with van der Waals surface area (Å²) < 4.78 is 34.2. The fourth-order valence-corrected chi connectivity index (χ4v) is 8.88. The van der Waals surface area contributed by atoms with E-state index in [2.05, 4.69) is 86.8 Å². The number of quaternary nitrogens is 1. The minimum Gasteiger partial charge on any atom is -0.756 e. The van der Waals surface area contributed by atoms with E-state index in [0.717, 1.165) is 83.5 Å². The highest BCUT2D eigenvalue weighted by molar-refractivity contribution is 7.45. The largest absolute Gasteiger partial charge is 0.756 e. The zero-order chi connectivity index (χ0) is 52.7. The number of phosphoric acid groups is 1. The lowest BCUT2D eigenvalue weighted by Gasteiger charge is -2.28. The summed E-state index contributed by atoms with van der Waals surface area (Å²) >= 11 is 0. The minimum absolute atomic E-state index is 0.0329. The summed E-state index contributed by atoms with van der Waals surface area (Å²) in [5, 5.41) is 0. The topological polar surface area (TPSA) is 111 Å². The van der Waals surface area contributed by atoms with Gasteiger partial charge in [-0.15, -0.1) is 0 Å². The predicted octanol–water partition coefficient (Wildman–Crippen LogP) is 17.8. The van der Waals surface area contributed by atoms with E-state index in [4.69, 9.17) is 18.5 Å². The van der Waals surface area contributed by atoms with Gasteiger partial charge in [-0.25, -0.2) is 0 Å². The molecule has 2 atom stereocenters. The lowest BCUT2D eigenvalue weighted by molar-refractivity contribution is -0.870. The van der Waals surface area contributed by atoms with Crippen LogP contribution in [0.2, 0.25) is 0 Å². The Morgan fingerprint density at radius 3 is 1.18 bits per heavy atom. The van der Waals surface area contributed by atoms with Crippen molar-refractivity contribution in [3.8, 4) is 0 Å². The van der Waals surface area contributed by atoms with Gasteiger partial charge in [0.05, 0.1) is 27.7 Å². The molecule has 0 aliphatic rings. The van der Waals surface area contributed by atoms with Gasteiger partial charge in [-0.3, -0.25) is 14.2 Å². The highest BCUT2D eigenvalue weighted by Gasteiger charge is 2.22. The van der Waals surface area contributed by atoms with Crippen LogP contribution in [-0.4, -0.2) is 70.0 Å². The number of hydrogen-bond acceptors (Lipinski definition) is 8. The van der Waals surface area contributed by atoms with Crippen LogP contribution in [0.1, 0.15) is 258 Å². The normalized spacial score (nSPS) is 13.8. The molecule has 0 aliphatic heterocycles. The van der Waals surface area contributed by atoms with E-state index in [9.17, 15) is 19.0 Å². The van der Waals surface area contributed by atoms with Crippen LogP contribution in [-0.2, 0) is 32.7 Å². The molecule has 0 rings (SSSR count). The molecule has 0 radical (unpaired) electrons. The highest BCUT2D eigenvalue weighted by atomic mass is 31.2. The summed E-state index contributed by atoms with van der Waals surface area (Å²) in [7, 11) is 1.16. The Bertz CT molecular complexity index is 1450. The van der Waals surface area contributed by atoms with E-state index < -0.39 is 26.5 Å². The predicted molar refractivity (Wildman–Crippen MR) is 305 cm³/mol. The van der Waals surface area contributed by atoms with Crippen LogP contribution < -0.4 is 4.89 Å². The molecule has 0 saturated heterocycles. The van der Waals surface area contributed by atoms with E-state index in [1.54, 1.807) is 0 Å². The van der Waals surface area contributed by atoms with Gasteiger partial charge in [0.1, 0.15) is 19.8 Å². The van der Waals surface area contributed by atoms with Gasteiger partial charge in [0.25, 0.3) is 7.82 Å². The highest BCUT2D eigenvalue weighted by Crippen LogP contribution is 2.38. The molecule has 0 aliphatic carbocycles. The maximum absolute atomic E-state index is 12.8. The van der Waals surface area contributed by atoms with Crippen molar-refractivity contribution >= 4 is 19.8 Å². The van der Waals surface area contributed by atoms with Gasteiger partial charge in [0.15, 0.2) is 6.10 Å². The number of unbranched alkanes of at least 4 members (excludes halogenated alkanes) is 28. The summed E-state index contributed by atoms with van der Waals surface area (Å²) in [6.07, 6.45) is 69.5. The number of likely N-dealkylation sites (N-methyl/N-ethyl adjacent to an activating group) is 1. The van der Waals surface area contributed by atoms with E-state index in [1.807, 2.05) is 21.1 Å². The number of rotatable bonds is 54. The second-order valence-corrected chi connectivity index (χ2v) is 22.4. The van der Waals surface area contributed by atoms with Crippen molar-refractivity contribution in [2.24, 2.45) is 0 Å². The van der Waals surface area contributed by atoms with Crippen molar-refractivity contribution in [1.82, 2.24) is 0 Å². The SMILES string of the molecule is CC/C=C\C/C=C\C/C=C\C/C=C\CCCCCCCCCCCCCCCCCCC(=O)OC(COC(=O)CCCCCCCCCCC/C=C\C/C=C\CCCCC)COP(=O)([O-])OCC[N+](C)(C)C. The monoisotopic (exact) mass is 1030 g/mol. The van der Waals surface area contributed by atoms with Crippen LogP contribution in [0.15, 0.2) is 72.9 Å². The van der Waals surface area contributed by atoms with Gasteiger partial charge in [-0.2, -0.15) is 0 Å². The molecule has 0 N–H and O–H groups in total. The van der Waals surface area contributed by atoms with E-state index in [0.29, 0.717) is 17.4 Å². The van der Waals surface area contributed by atoms with Gasteiger partial charge >= 0.3 is 11.9 Å². The molecule has 9 nitrogen and oxygen atoms in total. The zero-order valence-electron chi connectivity index (χ0n) is 47.4. The number of esters is 2. The van der Waals surface area contributed by atoms with Gasteiger partial charge in [-0.05, 0) is 83.5 Å². The molecule has 0 spiro atoms. The Balaban J connectivity index is 4.12. The lowest BCUT2D eigenvalue weighted by Crippen LogP contribution is -2.37. The quantitative estimate of drug-likeness (QED) is 0.0195. The molecule has 0 amide bonds. The van der Waals surface area contributed by atoms with Crippen molar-refractivity contribution in [2.75, 3.05) is 47.5 Å². The Morgan fingerprint density at radius 2 is 0.792 bits per heavy atom. The van der Waals surface area contributed by atoms with Crippen molar-refractivity contribution in [3.63, 3.8) is 0 Å². The second-order valence-electron chi connectivity index (χ2n) is 21.0.